The highest BCUT2D eigenvalue weighted by Gasteiger charge is 2.23. The van der Waals surface area contributed by atoms with Gasteiger partial charge in [-0.1, -0.05) is 31.5 Å². The number of hydrogen-bond donors (Lipinski definition) is 2. The van der Waals surface area contributed by atoms with Gasteiger partial charge in [0.15, 0.2) is 5.96 Å². The van der Waals surface area contributed by atoms with Gasteiger partial charge in [0, 0.05) is 45.6 Å². The zero-order valence-electron chi connectivity index (χ0n) is 16.4. The Kier molecular flexibility index (Phi) is 9.32. The van der Waals surface area contributed by atoms with Crippen molar-refractivity contribution in [2.45, 2.75) is 52.1 Å². The summed E-state index contributed by atoms with van der Waals surface area (Å²) in [5.74, 6) is 2.43. The standard InChI is InChI=1S/C21H35N3O2/c1-3-8-18(13-16-25)17-23-21(22-4-2)24-14-11-20(12-15-24)26-19-9-6-5-7-10-19/h5-7,9-10,18,20,25H,3-4,8,11-17H2,1-2H3,(H,22,23). The highest BCUT2D eigenvalue weighted by molar-refractivity contribution is 5.80. The molecule has 0 aliphatic carbocycles. The normalized spacial score (nSPS) is 17.2. The van der Waals surface area contributed by atoms with E-state index in [0.717, 1.165) is 70.0 Å². The Morgan fingerprint density at radius 3 is 2.58 bits per heavy atom. The summed E-state index contributed by atoms with van der Waals surface area (Å²) in [6.07, 6.45) is 5.39. The first-order chi connectivity index (χ1) is 12.8. The van der Waals surface area contributed by atoms with Gasteiger partial charge in [0.2, 0.25) is 0 Å². The van der Waals surface area contributed by atoms with Crippen LogP contribution in [0, 0.1) is 5.92 Å². The number of ether oxygens (including phenoxy) is 1. The average molecular weight is 362 g/mol. The molecule has 5 nitrogen and oxygen atoms in total. The number of rotatable bonds is 9. The minimum atomic E-state index is 0.249. The second-order valence-electron chi connectivity index (χ2n) is 6.98. The second-order valence-corrected chi connectivity index (χ2v) is 6.98. The number of hydrogen-bond acceptors (Lipinski definition) is 3. The van der Waals surface area contributed by atoms with Crippen LogP contribution in [0.1, 0.15) is 46.0 Å². The van der Waals surface area contributed by atoms with Crippen molar-refractivity contribution >= 4 is 5.96 Å². The molecule has 1 atom stereocenters. The first-order valence-electron chi connectivity index (χ1n) is 10.1. The van der Waals surface area contributed by atoms with Crippen molar-refractivity contribution in [3.63, 3.8) is 0 Å². The van der Waals surface area contributed by atoms with Crippen molar-refractivity contribution in [1.82, 2.24) is 10.2 Å². The predicted molar refractivity (Wildman–Crippen MR) is 108 cm³/mol. The van der Waals surface area contributed by atoms with E-state index in [0.29, 0.717) is 5.92 Å². The van der Waals surface area contributed by atoms with E-state index in [-0.39, 0.29) is 12.7 Å². The lowest BCUT2D eigenvalue weighted by Gasteiger charge is -2.34. The molecule has 5 heteroatoms. The van der Waals surface area contributed by atoms with E-state index in [1.165, 1.54) is 0 Å². The van der Waals surface area contributed by atoms with E-state index < -0.39 is 0 Å². The summed E-state index contributed by atoms with van der Waals surface area (Å²) in [6, 6.07) is 10.1. The molecule has 1 unspecified atom stereocenters. The van der Waals surface area contributed by atoms with Crippen molar-refractivity contribution in [3.8, 4) is 5.75 Å². The number of benzene rings is 1. The van der Waals surface area contributed by atoms with E-state index in [2.05, 4.69) is 24.1 Å². The Balaban J connectivity index is 1.87. The highest BCUT2D eigenvalue weighted by atomic mass is 16.5. The fourth-order valence-electron chi connectivity index (χ4n) is 3.44. The van der Waals surface area contributed by atoms with Gasteiger partial charge in [-0.15, -0.1) is 0 Å². The van der Waals surface area contributed by atoms with Gasteiger partial charge in [-0.3, -0.25) is 4.99 Å². The number of aliphatic imine (C=N–C) groups is 1. The summed E-state index contributed by atoms with van der Waals surface area (Å²) < 4.78 is 6.09. The van der Waals surface area contributed by atoms with Crippen LogP contribution in [0.2, 0.25) is 0 Å². The lowest BCUT2D eigenvalue weighted by molar-refractivity contribution is 0.129. The molecule has 26 heavy (non-hydrogen) atoms. The van der Waals surface area contributed by atoms with Crippen LogP contribution in [-0.4, -0.2) is 54.9 Å². The number of guanidine groups is 1. The molecule has 1 fully saturated rings. The fraction of sp³-hybridized carbons (Fsp3) is 0.667. The molecule has 0 saturated carbocycles. The molecule has 1 aliphatic rings. The molecule has 0 radical (unpaired) electrons. The number of nitrogens with one attached hydrogen (secondary N) is 1. The van der Waals surface area contributed by atoms with Crippen molar-refractivity contribution < 1.29 is 9.84 Å². The Morgan fingerprint density at radius 1 is 1.23 bits per heavy atom. The van der Waals surface area contributed by atoms with Crippen molar-refractivity contribution in [2.75, 3.05) is 32.8 Å². The van der Waals surface area contributed by atoms with Gasteiger partial charge in [0.1, 0.15) is 11.9 Å². The number of aliphatic hydroxyl groups is 1. The molecule has 1 saturated heterocycles. The van der Waals surface area contributed by atoms with Crippen LogP contribution >= 0.6 is 0 Å². The van der Waals surface area contributed by atoms with Gasteiger partial charge in [-0.2, -0.15) is 0 Å². The number of likely N-dealkylation sites (tertiary alicyclic amines) is 1. The minimum Gasteiger partial charge on any atom is -0.490 e. The molecule has 1 heterocycles. The van der Waals surface area contributed by atoms with Crippen LogP contribution in [0.5, 0.6) is 5.75 Å². The lowest BCUT2D eigenvalue weighted by Crippen LogP contribution is -2.47. The number of para-hydroxylation sites is 1. The lowest BCUT2D eigenvalue weighted by atomic mass is 10.0. The quantitative estimate of drug-likeness (QED) is 0.523. The Hall–Kier alpha value is -1.75. The van der Waals surface area contributed by atoms with E-state index in [1.54, 1.807) is 0 Å². The topological polar surface area (TPSA) is 57.1 Å². The molecule has 0 aromatic heterocycles. The smallest absolute Gasteiger partial charge is 0.193 e. The van der Waals surface area contributed by atoms with Crippen molar-refractivity contribution in [2.24, 2.45) is 10.9 Å². The Labute approximate surface area is 158 Å². The van der Waals surface area contributed by atoms with Crippen LogP contribution in [0.3, 0.4) is 0 Å². The van der Waals surface area contributed by atoms with Crippen LogP contribution < -0.4 is 10.1 Å². The average Bonchev–Trinajstić information content (AvgIpc) is 2.67. The number of piperidine rings is 1. The third-order valence-electron chi connectivity index (χ3n) is 4.86. The highest BCUT2D eigenvalue weighted by Crippen LogP contribution is 2.19. The molecule has 0 amide bonds. The number of aliphatic hydroxyl groups excluding tert-OH is 1. The van der Waals surface area contributed by atoms with Crippen molar-refractivity contribution in [3.05, 3.63) is 30.3 Å². The maximum atomic E-state index is 9.24. The van der Waals surface area contributed by atoms with Gasteiger partial charge in [-0.25, -0.2) is 0 Å². The maximum Gasteiger partial charge on any atom is 0.193 e. The fourth-order valence-corrected chi connectivity index (χ4v) is 3.44. The summed E-state index contributed by atoms with van der Waals surface area (Å²) in [6.45, 7) is 8.13. The number of nitrogens with zero attached hydrogens (tertiary/aromatic N) is 2. The predicted octanol–water partition coefficient (Wildman–Crippen LogP) is 3.29. The maximum absolute atomic E-state index is 9.24. The summed E-state index contributed by atoms with van der Waals surface area (Å²) >= 11 is 0. The van der Waals surface area contributed by atoms with Crippen LogP contribution in [0.25, 0.3) is 0 Å². The summed E-state index contributed by atoms with van der Waals surface area (Å²) in [5.41, 5.74) is 0. The van der Waals surface area contributed by atoms with Crippen LogP contribution in [-0.2, 0) is 0 Å². The Bertz CT molecular complexity index is 507. The first kappa shape index (κ1) is 20.6. The SMILES string of the molecule is CCCC(CCO)CN=C(NCC)N1CCC(Oc2ccccc2)CC1. The molecule has 1 aromatic carbocycles. The summed E-state index contributed by atoms with van der Waals surface area (Å²) in [7, 11) is 0. The van der Waals surface area contributed by atoms with E-state index >= 15 is 0 Å². The molecular formula is C21H35N3O2. The molecule has 146 valence electrons. The summed E-state index contributed by atoms with van der Waals surface area (Å²) in [5, 5.41) is 12.7. The van der Waals surface area contributed by atoms with E-state index in [9.17, 15) is 5.11 Å². The first-order valence-corrected chi connectivity index (χ1v) is 10.1. The molecule has 1 aromatic rings. The molecule has 2 N–H and O–H groups in total. The van der Waals surface area contributed by atoms with Gasteiger partial charge in [-0.05, 0) is 37.8 Å². The Morgan fingerprint density at radius 2 is 1.96 bits per heavy atom. The monoisotopic (exact) mass is 361 g/mol. The second kappa shape index (κ2) is 11.8. The van der Waals surface area contributed by atoms with E-state index in [4.69, 9.17) is 9.73 Å². The van der Waals surface area contributed by atoms with E-state index in [1.807, 2.05) is 30.3 Å². The van der Waals surface area contributed by atoms with Crippen LogP contribution in [0.4, 0.5) is 0 Å². The zero-order valence-corrected chi connectivity index (χ0v) is 16.4. The molecular weight excluding hydrogens is 326 g/mol. The molecule has 0 bridgehead atoms. The van der Waals surface area contributed by atoms with Crippen molar-refractivity contribution in [1.29, 1.82) is 0 Å². The third kappa shape index (κ3) is 6.87. The largest absolute Gasteiger partial charge is 0.490 e. The van der Waals surface area contributed by atoms with Crippen LogP contribution in [0.15, 0.2) is 35.3 Å². The van der Waals surface area contributed by atoms with Gasteiger partial charge >= 0.3 is 0 Å². The van der Waals surface area contributed by atoms with Gasteiger partial charge in [0.25, 0.3) is 0 Å². The third-order valence-corrected chi connectivity index (χ3v) is 4.86. The van der Waals surface area contributed by atoms with Gasteiger partial charge < -0.3 is 20.1 Å². The zero-order chi connectivity index (χ0) is 18.6. The molecule has 1 aliphatic heterocycles. The molecule has 2 rings (SSSR count). The minimum absolute atomic E-state index is 0.249. The van der Waals surface area contributed by atoms with Gasteiger partial charge in [0.05, 0.1) is 0 Å². The molecule has 0 spiro atoms. The summed E-state index contributed by atoms with van der Waals surface area (Å²) in [4.78, 5) is 7.21.